The lowest BCUT2D eigenvalue weighted by molar-refractivity contribution is -0.0392. The third kappa shape index (κ3) is 3.43. The van der Waals surface area contributed by atoms with E-state index in [1.54, 1.807) is 35.5 Å². The van der Waals surface area contributed by atoms with Gasteiger partial charge in [0, 0.05) is 5.92 Å². The van der Waals surface area contributed by atoms with Crippen LogP contribution in [0.2, 0.25) is 0 Å². The first kappa shape index (κ1) is 20.7. The summed E-state index contributed by atoms with van der Waals surface area (Å²) in [5.74, 6) is 3.62. The van der Waals surface area contributed by atoms with Crippen molar-refractivity contribution < 1.29 is 28.4 Å². The molecule has 0 unspecified atom stereocenters. The third-order valence-electron chi connectivity index (χ3n) is 6.27. The first-order chi connectivity index (χ1) is 14.6. The van der Waals surface area contributed by atoms with Crippen LogP contribution in [0.5, 0.6) is 28.7 Å². The molecule has 1 aliphatic heterocycles. The molecule has 0 N–H and O–H groups in total. The number of benzene rings is 2. The molecule has 0 spiro atoms. The van der Waals surface area contributed by atoms with Crippen LogP contribution in [0.15, 0.2) is 24.3 Å². The first-order valence-electron chi connectivity index (χ1n) is 10.4. The van der Waals surface area contributed by atoms with Gasteiger partial charge in [-0.25, -0.2) is 0 Å². The summed E-state index contributed by atoms with van der Waals surface area (Å²) < 4.78 is 34.6. The fourth-order valence-electron chi connectivity index (χ4n) is 4.83. The summed E-state index contributed by atoms with van der Waals surface area (Å²) in [5, 5.41) is 0. The van der Waals surface area contributed by atoms with E-state index in [0.717, 1.165) is 29.7 Å². The molecule has 2 aromatic rings. The summed E-state index contributed by atoms with van der Waals surface area (Å²) in [6, 6.07) is 8.11. The van der Waals surface area contributed by atoms with Crippen LogP contribution in [0.3, 0.4) is 0 Å². The van der Waals surface area contributed by atoms with Crippen LogP contribution in [0.1, 0.15) is 54.4 Å². The number of hydrogen-bond donors (Lipinski definition) is 0. The molecule has 2 aromatic carbocycles. The SMILES string of the molecule is COc1cc2c(cc1OC)[C@@H]1CCCC[C@H]1O[C@@H]2c1cc(OC)c(OC)c(OC)c1. The van der Waals surface area contributed by atoms with E-state index in [1.165, 1.54) is 18.4 Å². The van der Waals surface area contributed by atoms with Gasteiger partial charge >= 0.3 is 0 Å². The summed E-state index contributed by atoms with van der Waals surface area (Å²) in [5.41, 5.74) is 3.34. The molecule has 1 fully saturated rings. The second-order valence-electron chi connectivity index (χ2n) is 7.74. The summed E-state index contributed by atoms with van der Waals surface area (Å²) in [4.78, 5) is 0. The molecule has 1 aliphatic carbocycles. The molecular weight excluding hydrogens is 384 g/mol. The Bertz CT molecular complexity index is 884. The lowest BCUT2D eigenvalue weighted by atomic mass is 9.76. The van der Waals surface area contributed by atoms with Gasteiger partial charge in [-0.3, -0.25) is 0 Å². The highest BCUT2D eigenvalue weighted by molar-refractivity contribution is 5.58. The summed E-state index contributed by atoms with van der Waals surface area (Å²) in [6.07, 6.45) is 4.49. The normalized spacial score (nSPS) is 22.5. The van der Waals surface area contributed by atoms with Crippen LogP contribution < -0.4 is 23.7 Å². The van der Waals surface area contributed by atoms with E-state index < -0.39 is 0 Å². The molecule has 162 valence electrons. The van der Waals surface area contributed by atoms with Gasteiger partial charge < -0.3 is 28.4 Å². The molecule has 0 aromatic heterocycles. The average Bonchev–Trinajstić information content (AvgIpc) is 2.81. The van der Waals surface area contributed by atoms with E-state index in [2.05, 4.69) is 6.07 Å². The predicted molar refractivity (Wildman–Crippen MR) is 114 cm³/mol. The molecule has 4 rings (SSSR count). The maximum atomic E-state index is 6.70. The number of methoxy groups -OCH3 is 5. The summed E-state index contributed by atoms with van der Waals surface area (Å²) in [6.45, 7) is 0. The molecule has 0 bridgehead atoms. The standard InChI is InChI=1S/C24H30O6/c1-25-19-12-16-15-8-6-7-9-18(15)30-23(17(16)13-20(19)26-2)14-10-21(27-3)24(29-5)22(11-14)28-4/h10-13,15,18,23H,6-9H2,1-5H3/t15-,18+,23+/m0/s1. The van der Waals surface area contributed by atoms with Gasteiger partial charge in [0.25, 0.3) is 0 Å². The Morgan fingerprint density at radius 3 is 1.80 bits per heavy atom. The van der Waals surface area contributed by atoms with Gasteiger partial charge in [0.1, 0.15) is 6.10 Å². The Labute approximate surface area is 178 Å². The van der Waals surface area contributed by atoms with Crippen LogP contribution in [0.25, 0.3) is 0 Å². The van der Waals surface area contributed by atoms with Gasteiger partial charge in [0.05, 0.1) is 41.7 Å². The zero-order valence-electron chi connectivity index (χ0n) is 18.3. The van der Waals surface area contributed by atoms with E-state index in [9.17, 15) is 0 Å². The third-order valence-corrected chi connectivity index (χ3v) is 6.27. The highest BCUT2D eigenvalue weighted by Gasteiger charge is 2.39. The zero-order valence-corrected chi connectivity index (χ0v) is 18.3. The van der Waals surface area contributed by atoms with E-state index in [4.69, 9.17) is 28.4 Å². The molecule has 6 heteroatoms. The van der Waals surface area contributed by atoms with E-state index in [-0.39, 0.29) is 12.2 Å². The van der Waals surface area contributed by atoms with Gasteiger partial charge in [0.15, 0.2) is 23.0 Å². The highest BCUT2D eigenvalue weighted by atomic mass is 16.5. The monoisotopic (exact) mass is 414 g/mol. The van der Waals surface area contributed by atoms with Crippen molar-refractivity contribution in [3.05, 3.63) is 41.0 Å². The Morgan fingerprint density at radius 1 is 0.667 bits per heavy atom. The first-order valence-corrected chi connectivity index (χ1v) is 10.4. The Kier molecular flexibility index (Phi) is 5.95. The van der Waals surface area contributed by atoms with E-state index in [0.29, 0.717) is 28.9 Å². The van der Waals surface area contributed by atoms with Crippen molar-refractivity contribution in [2.45, 2.75) is 43.8 Å². The lowest BCUT2D eigenvalue weighted by Gasteiger charge is -2.41. The molecule has 0 saturated heterocycles. The molecule has 30 heavy (non-hydrogen) atoms. The minimum absolute atomic E-state index is 0.174. The molecule has 6 nitrogen and oxygen atoms in total. The second kappa shape index (κ2) is 8.64. The summed E-state index contributed by atoms with van der Waals surface area (Å²) in [7, 11) is 8.20. The second-order valence-corrected chi connectivity index (χ2v) is 7.74. The minimum atomic E-state index is -0.257. The van der Waals surface area contributed by atoms with Gasteiger partial charge in [-0.2, -0.15) is 0 Å². The largest absolute Gasteiger partial charge is 0.493 e. The number of ether oxygens (including phenoxy) is 6. The van der Waals surface area contributed by atoms with Crippen molar-refractivity contribution >= 4 is 0 Å². The van der Waals surface area contributed by atoms with Crippen LogP contribution in [0.4, 0.5) is 0 Å². The van der Waals surface area contributed by atoms with Crippen LogP contribution >= 0.6 is 0 Å². The number of hydrogen-bond acceptors (Lipinski definition) is 6. The molecule has 3 atom stereocenters. The highest BCUT2D eigenvalue weighted by Crippen LogP contribution is 2.51. The molecule has 2 aliphatic rings. The van der Waals surface area contributed by atoms with Crippen molar-refractivity contribution in [1.29, 1.82) is 0 Å². The Morgan fingerprint density at radius 2 is 1.23 bits per heavy atom. The van der Waals surface area contributed by atoms with E-state index in [1.807, 2.05) is 18.2 Å². The van der Waals surface area contributed by atoms with Crippen molar-refractivity contribution in [3.8, 4) is 28.7 Å². The van der Waals surface area contributed by atoms with Crippen LogP contribution in [-0.2, 0) is 4.74 Å². The van der Waals surface area contributed by atoms with Gasteiger partial charge in [-0.05, 0) is 53.8 Å². The Balaban J connectivity index is 1.89. The zero-order chi connectivity index (χ0) is 21.3. The van der Waals surface area contributed by atoms with Gasteiger partial charge in [-0.1, -0.05) is 12.8 Å². The maximum absolute atomic E-state index is 6.70. The fourth-order valence-corrected chi connectivity index (χ4v) is 4.83. The predicted octanol–water partition coefficient (Wildman–Crippen LogP) is 4.88. The van der Waals surface area contributed by atoms with Gasteiger partial charge in [0.2, 0.25) is 5.75 Å². The minimum Gasteiger partial charge on any atom is -0.493 e. The fraction of sp³-hybridized carbons (Fsp3) is 0.500. The molecule has 1 saturated carbocycles. The number of fused-ring (bicyclic) bond motifs is 3. The average molecular weight is 414 g/mol. The molecule has 1 heterocycles. The molecular formula is C24H30O6. The van der Waals surface area contributed by atoms with Crippen molar-refractivity contribution in [3.63, 3.8) is 0 Å². The van der Waals surface area contributed by atoms with Crippen molar-refractivity contribution in [2.75, 3.05) is 35.5 Å². The van der Waals surface area contributed by atoms with Crippen LogP contribution in [0, 0.1) is 0 Å². The van der Waals surface area contributed by atoms with E-state index >= 15 is 0 Å². The van der Waals surface area contributed by atoms with Crippen molar-refractivity contribution in [2.24, 2.45) is 0 Å². The van der Waals surface area contributed by atoms with Crippen LogP contribution in [-0.4, -0.2) is 41.7 Å². The topological polar surface area (TPSA) is 55.4 Å². The molecule has 0 amide bonds. The van der Waals surface area contributed by atoms with Gasteiger partial charge in [-0.15, -0.1) is 0 Å². The maximum Gasteiger partial charge on any atom is 0.203 e. The Hall–Kier alpha value is -2.60. The quantitative estimate of drug-likeness (QED) is 0.672. The number of rotatable bonds is 6. The summed E-state index contributed by atoms with van der Waals surface area (Å²) >= 11 is 0. The lowest BCUT2D eigenvalue weighted by Crippen LogP contribution is -2.33. The molecule has 0 radical (unpaired) electrons. The van der Waals surface area contributed by atoms with Crippen molar-refractivity contribution in [1.82, 2.24) is 0 Å². The smallest absolute Gasteiger partial charge is 0.203 e.